The molecule has 2 heterocycles. The number of nitrogens with zero attached hydrogens (tertiary/aromatic N) is 2. The van der Waals surface area contributed by atoms with E-state index in [-0.39, 0.29) is 30.5 Å². The number of fused-ring (bicyclic) bond motifs is 2. The lowest BCUT2D eigenvalue weighted by Gasteiger charge is -2.14. The van der Waals surface area contributed by atoms with Gasteiger partial charge in [-0.2, -0.15) is 5.10 Å². The summed E-state index contributed by atoms with van der Waals surface area (Å²) in [4.78, 5) is 36.4. The fraction of sp³-hybridized carbons (Fsp3) is 0.200. The summed E-state index contributed by atoms with van der Waals surface area (Å²) >= 11 is 0. The molecule has 2 aromatic heterocycles. The van der Waals surface area contributed by atoms with Crippen LogP contribution >= 0.6 is 0 Å². The number of aromatic nitrogens is 3. The normalized spacial score (nSPS) is 12.3. The Morgan fingerprint density at radius 1 is 1.14 bits per heavy atom. The minimum Gasteiger partial charge on any atom is -0.408 e. The van der Waals surface area contributed by atoms with Gasteiger partial charge < -0.3 is 9.73 Å². The Morgan fingerprint density at radius 2 is 1.86 bits per heavy atom. The molecule has 0 aliphatic heterocycles. The smallest absolute Gasteiger partial charge is 0.408 e. The topological polar surface area (TPSA) is 110 Å². The molecule has 4 rings (SSSR count). The summed E-state index contributed by atoms with van der Waals surface area (Å²) in [5.41, 5.74) is 1.39. The van der Waals surface area contributed by atoms with Crippen LogP contribution in [0.5, 0.6) is 0 Å². The number of hydrogen-bond acceptors (Lipinski definition) is 5. The van der Waals surface area contributed by atoms with Crippen molar-refractivity contribution in [2.75, 3.05) is 0 Å². The van der Waals surface area contributed by atoms with Gasteiger partial charge in [0.15, 0.2) is 5.58 Å². The van der Waals surface area contributed by atoms with E-state index in [9.17, 15) is 14.4 Å². The van der Waals surface area contributed by atoms with Crippen molar-refractivity contribution < 1.29 is 9.21 Å². The molecule has 0 saturated carbocycles. The maximum Gasteiger partial charge on any atom is 0.420 e. The summed E-state index contributed by atoms with van der Waals surface area (Å²) in [6, 6.07) is 13.8. The van der Waals surface area contributed by atoms with Gasteiger partial charge in [0, 0.05) is 18.0 Å². The Balaban J connectivity index is 1.50. The van der Waals surface area contributed by atoms with Crippen LogP contribution < -0.4 is 16.6 Å². The van der Waals surface area contributed by atoms with Crippen LogP contribution in [0.25, 0.3) is 21.9 Å². The van der Waals surface area contributed by atoms with Crippen LogP contribution in [0.4, 0.5) is 0 Å². The second kappa shape index (κ2) is 7.15. The van der Waals surface area contributed by atoms with E-state index in [0.717, 1.165) is 0 Å². The van der Waals surface area contributed by atoms with Crippen LogP contribution in [0.1, 0.15) is 12.6 Å². The van der Waals surface area contributed by atoms with Gasteiger partial charge in [-0.1, -0.05) is 30.3 Å². The van der Waals surface area contributed by atoms with E-state index < -0.39 is 5.76 Å². The molecule has 1 atom stereocenters. The number of aromatic amines is 1. The summed E-state index contributed by atoms with van der Waals surface area (Å²) in [5, 5.41) is 10.4. The van der Waals surface area contributed by atoms with E-state index in [1.807, 2.05) is 13.0 Å². The van der Waals surface area contributed by atoms with Crippen molar-refractivity contribution in [3.63, 3.8) is 0 Å². The number of para-hydroxylation sites is 2. The van der Waals surface area contributed by atoms with Crippen molar-refractivity contribution >= 4 is 27.8 Å². The second-order valence-corrected chi connectivity index (χ2v) is 6.64. The van der Waals surface area contributed by atoms with Crippen LogP contribution in [-0.4, -0.2) is 26.7 Å². The van der Waals surface area contributed by atoms with E-state index in [2.05, 4.69) is 15.5 Å². The van der Waals surface area contributed by atoms with Gasteiger partial charge in [-0.25, -0.2) is 9.89 Å². The molecule has 0 radical (unpaired) electrons. The molecule has 0 spiro atoms. The van der Waals surface area contributed by atoms with Gasteiger partial charge in [-0.15, -0.1) is 0 Å². The number of nitrogens with one attached hydrogen (secondary N) is 2. The van der Waals surface area contributed by atoms with Gasteiger partial charge in [-0.3, -0.25) is 14.2 Å². The Hall–Kier alpha value is -3.68. The van der Waals surface area contributed by atoms with Crippen molar-refractivity contribution in [2.24, 2.45) is 0 Å². The molecule has 0 aliphatic rings. The molecule has 0 fully saturated rings. The van der Waals surface area contributed by atoms with E-state index in [4.69, 9.17) is 4.42 Å². The molecule has 0 saturated heterocycles. The fourth-order valence-corrected chi connectivity index (χ4v) is 3.29. The molecular formula is C20H18N4O4. The third-order valence-electron chi connectivity index (χ3n) is 4.54. The molecular weight excluding hydrogens is 360 g/mol. The lowest BCUT2D eigenvalue weighted by molar-refractivity contribution is -0.121. The summed E-state index contributed by atoms with van der Waals surface area (Å²) in [6.07, 6.45) is 0.0165. The van der Waals surface area contributed by atoms with Gasteiger partial charge in [0.05, 0.1) is 23.0 Å². The average Bonchev–Trinajstić information content (AvgIpc) is 2.99. The van der Waals surface area contributed by atoms with Crippen molar-refractivity contribution in [3.05, 3.63) is 75.1 Å². The maximum absolute atomic E-state index is 12.5. The number of benzene rings is 2. The molecule has 0 bridgehead atoms. The highest BCUT2D eigenvalue weighted by molar-refractivity contribution is 5.88. The largest absolute Gasteiger partial charge is 0.420 e. The Kier molecular flexibility index (Phi) is 4.52. The SMILES string of the molecule is C[C@H](Cn1c(=O)oc2ccccc21)NC(=O)Cc1n[nH]c(=O)c2ccccc12. The third kappa shape index (κ3) is 3.32. The highest BCUT2D eigenvalue weighted by Gasteiger charge is 2.15. The fourth-order valence-electron chi connectivity index (χ4n) is 3.29. The van der Waals surface area contributed by atoms with Gasteiger partial charge in [0.1, 0.15) is 0 Å². The lowest BCUT2D eigenvalue weighted by atomic mass is 10.1. The number of carbonyl (C=O) groups is 1. The molecule has 4 aromatic rings. The van der Waals surface area contributed by atoms with Crippen molar-refractivity contribution in [2.45, 2.75) is 25.9 Å². The third-order valence-corrected chi connectivity index (χ3v) is 4.54. The van der Waals surface area contributed by atoms with E-state index in [1.165, 1.54) is 4.57 Å². The summed E-state index contributed by atoms with van der Waals surface area (Å²) < 4.78 is 6.70. The van der Waals surface area contributed by atoms with Crippen LogP contribution in [0, 0.1) is 0 Å². The molecule has 8 heteroatoms. The first-order chi connectivity index (χ1) is 13.5. The van der Waals surface area contributed by atoms with E-state index >= 15 is 0 Å². The monoisotopic (exact) mass is 378 g/mol. The highest BCUT2D eigenvalue weighted by atomic mass is 16.4. The van der Waals surface area contributed by atoms with E-state index in [0.29, 0.717) is 27.6 Å². The molecule has 28 heavy (non-hydrogen) atoms. The standard InChI is InChI=1S/C20H18N4O4/c1-12(11-24-16-8-4-5-9-17(16)28-20(24)27)21-18(25)10-15-13-6-2-3-7-14(13)19(26)23-22-15/h2-9,12H,10-11H2,1H3,(H,21,25)(H,23,26)/t12-/m1/s1. The highest BCUT2D eigenvalue weighted by Crippen LogP contribution is 2.14. The predicted octanol–water partition coefficient (Wildman–Crippen LogP) is 1.58. The Morgan fingerprint density at radius 3 is 2.68 bits per heavy atom. The summed E-state index contributed by atoms with van der Waals surface area (Å²) in [5.74, 6) is -0.714. The lowest BCUT2D eigenvalue weighted by Crippen LogP contribution is -2.38. The first-order valence-corrected chi connectivity index (χ1v) is 8.87. The first kappa shape index (κ1) is 17.7. The number of H-pyrrole nitrogens is 1. The number of carbonyl (C=O) groups excluding carboxylic acids is 1. The zero-order valence-electron chi connectivity index (χ0n) is 15.1. The van der Waals surface area contributed by atoms with Crippen LogP contribution in [0.2, 0.25) is 0 Å². The molecule has 0 unspecified atom stereocenters. The zero-order chi connectivity index (χ0) is 19.7. The second-order valence-electron chi connectivity index (χ2n) is 6.64. The molecule has 2 N–H and O–H groups in total. The van der Waals surface area contributed by atoms with Gasteiger partial charge >= 0.3 is 5.76 Å². The first-order valence-electron chi connectivity index (χ1n) is 8.87. The number of rotatable bonds is 5. The predicted molar refractivity (Wildman–Crippen MR) is 104 cm³/mol. The molecule has 142 valence electrons. The summed E-state index contributed by atoms with van der Waals surface area (Å²) in [7, 11) is 0. The van der Waals surface area contributed by atoms with Crippen LogP contribution in [-0.2, 0) is 17.8 Å². The quantitative estimate of drug-likeness (QED) is 0.548. The Labute approximate surface area is 158 Å². The maximum atomic E-state index is 12.5. The van der Waals surface area contributed by atoms with Crippen molar-refractivity contribution in [3.8, 4) is 0 Å². The molecule has 0 aliphatic carbocycles. The molecule has 1 amide bonds. The minimum absolute atomic E-state index is 0.0165. The van der Waals surface area contributed by atoms with Gasteiger partial charge in [0.2, 0.25) is 5.91 Å². The van der Waals surface area contributed by atoms with Crippen LogP contribution in [0.15, 0.2) is 62.5 Å². The van der Waals surface area contributed by atoms with Gasteiger partial charge in [-0.05, 0) is 25.1 Å². The average molecular weight is 378 g/mol. The van der Waals surface area contributed by atoms with Crippen molar-refractivity contribution in [1.29, 1.82) is 0 Å². The Bertz CT molecular complexity index is 1280. The van der Waals surface area contributed by atoms with Crippen LogP contribution in [0.3, 0.4) is 0 Å². The number of hydrogen-bond donors (Lipinski definition) is 2. The summed E-state index contributed by atoms with van der Waals surface area (Å²) in [6.45, 7) is 2.09. The minimum atomic E-state index is -0.462. The molecule has 2 aromatic carbocycles. The van der Waals surface area contributed by atoms with Crippen molar-refractivity contribution in [1.82, 2.24) is 20.1 Å². The number of oxazole rings is 1. The van der Waals surface area contributed by atoms with E-state index in [1.54, 1.807) is 42.5 Å². The number of amides is 1. The van der Waals surface area contributed by atoms with Gasteiger partial charge in [0.25, 0.3) is 5.56 Å². The molecule has 8 nitrogen and oxygen atoms in total. The zero-order valence-corrected chi connectivity index (χ0v) is 15.1.